The highest BCUT2D eigenvalue weighted by molar-refractivity contribution is 5.75. The second kappa shape index (κ2) is 4.03. The van der Waals surface area contributed by atoms with Crippen LogP contribution in [-0.4, -0.2) is 12.3 Å². The standard InChI is InChI=1S/C13H14N4O2/c1-18-9-4-2-3-8(7-9)13(15)6-5-10-11(14)17-19-12(10)16-13/h2-7,16H,15H2,1H3,(H2,14,17). The van der Waals surface area contributed by atoms with Gasteiger partial charge in [-0.05, 0) is 29.8 Å². The Morgan fingerprint density at radius 2 is 2.26 bits per heavy atom. The molecule has 1 aliphatic rings. The van der Waals surface area contributed by atoms with E-state index in [-0.39, 0.29) is 0 Å². The molecule has 0 fully saturated rings. The summed E-state index contributed by atoms with van der Waals surface area (Å²) in [6.45, 7) is 0. The van der Waals surface area contributed by atoms with Crippen LogP contribution in [0.5, 0.6) is 5.75 Å². The molecule has 0 amide bonds. The van der Waals surface area contributed by atoms with Crippen molar-refractivity contribution < 1.29 is 9.26 Å². The number of methoxy groups -OCH3 is 1. The molecule has 1 unspecified atom stereocenters. The first-order valence-corrected chi connectivity index (χ1v) is 5.78. The zero-order valence-corrected chi connectivity index (χ0v) is 10.4. The van der Waals surface area contributed by atoms with Crippen molar-refractivity contribution in [3.05, 3.63) is 41.5 Å². The van der Waals surface area contributed by atoms with Crippen molar-refractivity contribution in [3.8, 4) is 5.75 Å². The SMILES string of the molecule is COc1cccc(C2(N)C=Cc3c(N)noc3N2)c1. The number of aromatic nitrogens is 1. The van der Waals surface area contributed by atoms with Crippen molar-refractivity contribution >= 4 is 17.8 Å². The van der Waals surface area contributed by atoms with Gasteiger partial charge in [-0.2, -0.15) is 0 Å². The largest absolute Gasteiger partial charge is 0.497 e. The molecule has 98 valence electrons. The van der Waals surface area contributed by atoms with Crippen molar-refractivity contribution in [2.45, 2.75) is 5.66 Å². The minimum absolute atomic E-state index is 0.339. The van der Waals surface area contributed by atoms with Crippen molar-refractivity contribution in [1.82, 2.24) is 5.16 Å². The Morgan fingerprint density at radius 1 is 1.42 bits per heavy atom. The number of nitrogens with two attached hydrogens (primary N) is 2. The van der Waals surface area contributed by atoms with E-state index in [0.717, 1.165) is 11.3 Å². The molecule has 6 nitrogen and oxygen atoms in total. The van der Waals surface area contributed by atoms with Crippen LogP contribution in [0.2, 0.25) is 0 Å². The summed E-state index contributed by atoms with van der Waals surface area (Å²) in [5.41, 5.74) is 12.7. The molecule has 1 aliphatic heterocycles. The van der Waals surface area contributed by atoms with Crippen LogP contribution in [0.3, 0.4) is 0 Å². The van der Waals surface area contributed by atoms with Crippen molar-refractivity contribution in [2.24, 2.45) is 5.73 Å². The van der Waals surface area contributed by atoms with Crippen LogP contribution in [0.1, 0.15) is 11.1 Å². The number of hydrogen-bond acceptors (Lipinski definition) is 6. The molecule has 1 atom stereocenters. The number of ether oxygens (including phenoxy) is 1. The number of nitrogen functional groups attached to an aromatic ring is 1. The van der Waals surface area contributed by atoms with Crippen LogP contribution >= 0.6 is 0 Å². The van der Waals surface area contributed by atoms with Crippen LogP contribution in [-0.2, 0) is 5.66 Å². The van der Waals surface area contributed by atoms with E-state index < -0.39 is 5.66 Å². The van der Waals surface area contributed by atoms with Gasteiger partial charge in [-0.25, -0.2) is 0 Å². The predicted octanol–water partition coefficient (Wildman–Crippen LogP) is 1.52. The van der Waals surface area contributed by atoms with Crippen LogP contribution < -0.4 is 21.5 Å². The van der Waals surface area contributed by atoms with Crippen LogP contribution in [0, 0.1) is 0 Å². The lowest BCUT2D eigenvalue weighted by molar-refractivity contribution is 0.411. The Kier molecular flexibility index (Phi) is 2.46. The number of anilines is 2. The van der Waals surface area contributed by atoms with Gasteiger partial charge >= 0.3 is 0 Å². The van der Waals surface area contributed by atoms with E-state index in [9.17, 15) is 0 Å². The van der Waals surface area contributed by atoms with Crippen LogP contribution in [0.15, 0.2) is 34.9 Å². The van der Waals surface area contributed by atoms with Gasteiger partial charge in [0.05, 0.1) is 12.7 Å². The first-order chi connectivity index (χ1) is 9.12. The number of fused-ring (bicyclic) bond motifs is 1. The third-order valence-corrected chi connectivity index (χ3v) is 3.14. The lowest BCUT2D eigenvalue weighted by Crippen LogP contribution is -2.43. The van der Waals surface area contributed by atoms with E-state index in [2.05, 4.69) is 10.5 Å². The van der Waals surface area contributed by atoms with Gasteiger partial charge in [0.15, 0.2) is 5.82 Å². The topological polar surface area (TPSA) is 99.3 Å². The molecule has 0 bridgehead atoms. The molecule has 1 aromatic carbocycles. The molecular formula is C13H14N4O2. The highest BCUT2D eigenvalue weighted by atomic mass is 16.5. The minimum Gasteiger partial charge on any atom is -0.497 e. The zero-order chi connectivity index (χ0) is 13.5. The zero-order valence-electron chi connectivity index (χ0n) is 10.4. The molecule has 5 N–H and O–H groups in total. The first-order valence-electron chi connectivity index (χ1n) is 5.78. The number of rotatable bonds is 2. The van der Waals surface area contributed by atoms with E-state index >= 15 is 0 Å². The monoisotopic (exact) mass is 258 g/mol. The molecule has 0 saturated heterocycles. The Hall–Kier alpha value is -2.47. The maximum atomic E-state index is 6.35. The summed E-state index contributed by atoms with van der Waals surface area (Å²) in [5, 5.41) is 6.79. The molecule has 0 spiro atoms. The highest BCUT2D eigenvalue weighted by Gasteiger charge is 2.31. The summed E-state index contributed by atoms with van der Waals surface area (Å²) < 4.78 is 10.3. The van der Waals surface area contributed by atoms with Crippen molar-refractivity contribution in [2.75, 3.05) is 18.2 Å². The second-order valence-corrected chi connectivity index (χ2v) is 4.37. The summed E-state index contributed by atoms with van der Waals surface area (Å²) in [6.07, 6.45) is 3.62. The van der Waals surface area contributed by atoms with E-state index in [1.165, 1.54) is 0 Å². The quantitative estimate of drug-likeness (QED) is 0.755. The van der Waals surface area contributed by atoms with Gasteiger partial charge in [0.25, 0.3) is 0 Å². The maximum absolute atomic E-state index is 6.35. The van der Waals surface area contributed by atoms with Gasteiger partial charge in [0, 0.05) is 0 Å². The molecule has 6 heteroatoms. The van der Waals surface area contributed by atoms with Crippen LogP contribution in [0.25, 0.3) is 6.08 Å². The Balaban J connectivity index is 2.01. The third kappa shape index (κ3) is 1.82. The Bertz CT molecular complexity index is 650. The van der Waals surface area contributed by atoms with Crippen molar-refractivity contribution in [3.63, 3.8) is 0 Å². The Labute approximate surface area is 110 Å². The molecular weight excluding hydrogens is 244 g/mol. The smallest absolute Gasteiger partial charge is 0.236 e. The summed E-state index contributed by atoms with van der Waals surface area (Å²) in [6, 6.07) is 7.51. The summed E-state index contributed by atoms with van der Waals surface area (Å²) in [5.74, 6) is 1.54. The van der Waals surface area contributed by atoms with Crippen molar-refractivity contribution in [1.29, 1.82) is 0 Å². The molecule has 3 rings (SSSR count). The number of hydrogen-bond donors (Lipinski definition) is 3. The summed E-state index contributed by atoms with van der Waals surface area (Å²) >= 11 is 0. The van der Waals surface area contributed by atoms with Gasteiger partial charge in [-0.3, -0.25) is 0 Å². The average molecular weight is 258 g/mol. The van der Waals surface area contributed by atoms with Gasteiger partial charge in [0.1, 0.15) is 11.4 Å². The van der Waals surface area contributed by atoms with E-state index in [4.69, 9.17) is 20.7 Å². The fourth-order valence-electron chi connectivity index (χ4n) is 2.05. The molecule has 0 saturated carbocycles. The van der Waals surface area contributed by atoms with E-state index in [0.29, 0.717) is 17.3 Å². The molecule has 19 heavy (non-hydrogen) atoms. The number of nitrogens with zero attached hydrogens (tertiary/aromatic N) is 1. The minimum atomic E-state index is -0.881. The normalized spacial score (nSPS) is 20.7. The van der Waals surface area contributed by atoms with Gasteiger partial charge in [-0.15, -0.1) is 0 Å². The Morgan fingerprint density at radius 3 is 3.05 bits per heavy atom. The average Bonchev–Trinajstić information content (AvgIpc) is 2.79. The van der Waals surface area contributed by atoms with Gasteiger partial charge in [-0.1, -0.05) is 17.3 Å². The maximum Gasteiger partial charge on any atom is 0.236 e. The van der Waals surface area contributed by atoms with Crippen LogP contribution in [0.4, 0.5) is 11.7 Å². The van der Waals surface area contributed by atoms with Gasteiger partial charge in [0.2, 0.25) is 5.88 Å². The molecule has 1 aromatic heterocycles. The summed E-state index contributed by atoms with van der Waals surface area (Å²) in [4.78, 5) is 0. The number of nitrogens with one attached hydrogen (secondary N) is 1. The predicted molar refractivity (Wildman–Crippen MR) is 72.4 cm³/mol. The van der Waals surface area contributed by atoms with E-state index in [1.807, 2.05) is 30.3 Å². The fourth-order valence-corrected chi connectivity index (χ4v) is 2.05. The molecule has 0 radical (unpaired) electrons. The van der Waals surface area contributed by atoms with Gasteiger partial charge < -0.3 is 26.0 Å². The first kappa shape index (κ1) is 11.6. The lowest BCUT2D eigenvalue weighted by atomic mass is 9.96. The second-order valence-electron chi connectivity index (χ2n) is 4.37. The lowest BCUT2D eigenvalue weighted by Gasteiger charge is -2.30. The number of benzene rings is 1. The molecule has 2 aromatic rings. The highest BCUT2D eigenvalue weighted by Crippen LogP contribution is 2.35. The van der Waals surface area contributed by atoms with E-state index in [1.54, 1.807) is 13.2 Å². The summed E-state index contributed by atoms with van der Waals surface area (Å²) in [7, 11) is 1.61. The molecule has 0 aliphatic carbocycles. The third-order valence-electron chi connectivity index (χ3n) is 3.14. The molecule has 2 heterocycles. The fraction of sp³-hybridized carbons (Fsp3) is 0.154.